The molecule has 0 amide bonds. The van der Waals surface area contributed by atoms with Crippen LogP contribution in [0.5, 0.6) is 0 Å². The van der Waals surface area contributed by atoms with E-state index in [0.29, 0.717) is 6.07 Å². The molecule has 0 aliphatic heterocycles. The minimum Gasteiger partial charge on any atom is -0.376 e. The number of ketones is 1. The van der Waals surface area contributed by atoms with Gasteiger partial charge in [-0.2, -0.15) is 18.4 Å². The zero-order chi connectivity index (χ0) is 8.36. The smallest absolute Gasteiger partial charge is 0.376 e. The summed E-state index contributed by atoms with van der Waals surface area (Å²) in [7, 11) is 0. The second kappa shape index (κ2) is 2.66. The van der Waals surface area contributed by atoms with Crippen molar-refractivity contribution in [1.82, 2.24) is 0 Å². The number of rotatable bonds is 1. The standard InChI is InChI=1S/C4H2F3NO2/c5-4(6,7)3(10)2(9)1-8/h3,10H. The third-order valence-corrected chi connectivity index (χ3v) is 0.669. The zero-order valence-electron chi connectivity index (χ0n) is 4.51. The Morgan fingerprint density at radius 1 is 1.60 bits per heavy atom. The van der Waals surface area contributed by atoms with Crippen molar-refractivity contribution in [3.8, 4) is 6.07 Å². The van der Waals surface area contributed by atoms with Crippen LogP contribution in [-0.2, 0) is 4.79 Å². The molecule has 0 fully saturated rings. The molecule has 0 aliphatic rings. The largest absolute Gasteiger partial charge is 0.422 e. The van der Waals surface area contributed by atoms with Crippen molar-refractivity contribution in [2.75, 3.05) is 0 Å². The summed E-state index contributed by atoms with van der Waals surface area (Å²) in [5, 5.41) is 15.6. The van der Waals surface area contributed by atoms with E-state index in [1.165, 1.54) is 0 Å². The number of hydrogen-bond acceptors (Lipinski definition) is 3. The van der Waals surface area contributed by atoms with E-state index in [1.807, 2.05) is 0 Å². The zero-order valence-corrected chi connectivity index (χ0v) is 4.51. The number of alkyl halides is 3. The fourth-order valence-electron chi connectivity index (χ4n) is 0.210. The fourth-order valence-corrected chi connectivity index (χ4v) is 0.210. The molecule has 0 spiro atoms. The molecule has 6 heteroatoms. The third kappa shape index (κ3) is 2.03. The number of nitriles is 1. The van der Waals surface area contributed by atoms with E-state index >= 15 is 0 Å². The van der Waals surface area contributed by atoms with Gasteiger partial charge >= 0.3 is 6.18 Å². The lowest BCUT2D eigenvalue weighted by Gasteiger charge is -2.08. The van der Waals surface area contributed by atoms with Crippen molar-refractivity contribution in [3.63, 3.8) is 0 Å². The molecule has 0 saturated carbocycles. The predicted octanol–water partition coefficient (Wildman–Crippen LogP) is 0.00228. The van der Waals surface area contributed by atoms with E-state index in [4.69, 9.17) is 10.4 Å². The molecule has 1 atom stereocenters. The van der Waals surface area contributed by atoms with E-state index in [2.05, 4.69) is 0 Å². The topological polar surface area (TPSA) is 61.1 Å². The molecular formula is C4H2F3NO2. The molecule has 0 bridgehead atoms. The van der Waals surface area contributed by atoms with Crippen LogP contribution < -0.4 is 0 Å². The average molecular weight is 153 g/mol. The highest BCUT2D eigenvalue weighted by atomic mass is 19.4. The molecule has 1 unspecified atom stereocenters. The Hall–Kier alpha value is -1.09. The Morgan fingerprint density at radius 3 is 2.10 bits per heavy atom. The van der Waals surface area contributed by atoms with Crippen LogP contribution in [0, 0.1) is 11.3 Å². The average Bonchev–Trinajstić information content (AvgIpc) is 1.83. The van der Waals surface area contributed by atoms with Crippen LogP contribution in [-0.4, -0.2) is 23.2 Å². The monoisotopic (exact) mass is 153 g/mol. The van der Waals surface area contributed by atoms with Gasteiger partial charge in [-0.25, -0.2) is 0 Å². The van der Waals surface area contributed by atoms with Crippen molar-refractivity contribution in [2.24, 2.45) is 0 Å². The molecule has 0 heterocycles. The first-order valence-electron chi connectivity index (χ1n) is 2.08. The highest BCUT2D eigenvalue weighted by Crippen LogP contribution is 2.19. The molecule has 0 aromatic rings. The van der Waals surface area contributed by atoms with Crippen LogP contribution in [0.25, 0.3) is 0 Å². The number of Topliss-reactive ketones (excluding diaryl/α,β-unsaturated/α-hetero) is 1. The van der Waals surface area contributed by atoms with Crippen molar-refractivity contribution >= 4 is 5.78 Å². The number of hydrogen-bond donors (Lipinski definition) is 1. The molecule has 56 valence electrons. The van der Waals surface area contributed by atoms with Gasteiger partial charge < -0.3 is 5.11 Å². The number of carbonyl (C=O) groups excluding carboxylic acids is 1. The number of carbonyl (C=O) groups is 1. The van der Waals surface area contributed by atoms with E-state index in [-0.39, 0.29) is 0 Å². The summed E-state index contributed by atoms with van der Waals surface area (Å²) < 4.78 is 33.8. The molecule has 0 saturated heterocycles. The van der Waals surface area contributed by atoms with Gasteiger partial charge in [0.2, 0.25) is 6.10 Å². The van der Waals surface area contributed by atoms with Gasteiger partial charge in [-0.1, -0.05) is 0 Å². The van der Waals surface area contributed by atoms with Crippen LogP contribution in [0.4, 0.5) is 13.2 Å². The maximum Gasteiger partial charge on any atom is 0.422 e. The quantitative estimate of drug-likeness (QED) is 0.539. The van der Waals surface area contributed by atoms with E-state index in [9.17, 15) is 18.0 Å². The van der Waals surface area contributed by atoms with Crippen LogP contribution >= 0.6 is 0 Å². The minimum atomic E-state index is -5.03. The van der Waals surface area contributed by atoms with E-state index in [0.717, 1.165) is 0 Å². The lowest BCUT2D eigenvalue weighted by Crippen LogP contribution is -2.35. The molecule has 0 aromatic carbocycles. The third-order valence-electron chi connectivity index (χ3n) is 0.669. The van der Waals surface area contributed by atoms with E-state index < -0.39 is 18.1 Å². The number of nitrogens with zero attached hydrogens (tertiary/aromatic N) is 1. The molecular weight excluding hydrogens is 151 g/mol. The number of aliphatic hydroxyl groups excluding tert-OH is 1. The first kappa shape index (κ1) is 8.91. The van der Waals surface area contributed by atoms with Crippen LogP contribution in [0.3, 0.4) is 0 Å². The maximum absolute atomic E-state index is 11.3. The lowest BCUT2D eigenvalue weighted by atomic mass is 10.2. The summed E-state index contributed by atoms with van der Waals surface area (Å²) in [6, 6.07) is 0.662. The molecule has 0 aliphatic carbocycles. The summed E-state index contributed by atoms with van der Waals surface area (Å²) in [4.78, 5) is 9.83. The second-order valence-electron chi connectivity index (χ2n) is 1.42. The molecule has 1 N–H and O–H groups in total. The minimum absolute atomic E-state index is 0.662. The van der Waals surface area contributed by atoms with Crippen molar-refractivity contribution in [3.05, 3.63) is 0 Å². The highest BCUT2D eigenvalue weighted by Gasteiger charge is 2.43. The first-order chi connectivity index (χ1) is 4.39. The Morgan fingerprint density at radius 2 is 2.00 bits per heavy atom. The van der Waals surface area contributed by atoms with Gasteiger partial charge in [0.05, 0.1) is 0 Å². The molecule has 10 heavy (non-hydrogen) atoms. The van der Waals surface area contributed by atoms with Gasteiger partial charge in [-0.05, 0) is 0 Å². The van der Waals surface area contributed by atoms with Crippen molar-refractivity contribution in [2.45, 2.75) is 12.3 Å². The van der Waals surface area contributed by atoms with Crippen molar-refractivity contribution < 1.29 is 23.1 Å². The first-order valence-corrected chi connectivity index (χ1v) is 2.08. The molecule has 0 aromatic heterocycles. The Balaban J connectivity index is 4.26. The Labute approximate surface area is 53.7 Å². The van der Waals surface area contributed by atoms with Gasteiger partial charge in [0.15, 0.2) is 0 Å². The molecule has 0 radical (unpaired) electrons. The molecule has 0 rings (SSSR count). The van der Waals surface area contributed by atoms with Gasteiger partial charge in [0, 0.05) is 0 Å². The SMILES string of the molecule is N#CC(=O)C(O)C(F)(F)F. The Bertz CT molecular complexity index is 180. The van der Waals surface area contributed by atoms with E-state index in [1.54, 1.807) is 0 Å². The normalized spacial score (nSPS) is 13.9. The number of halogens is 3. The Kier molecular flexibility index (Phi) is 2.37. The second-order valence-corrected chi connectivity index (χ2v) is 1.42. The van der Waals surface area contributed by atoms with Crippen LogP contribution in [0.1, 0.15) is 0 Å². The summed E-state index contributed by atoms with van der Waals surface area (Å²) in [6.45, 7) is 0. The van der Waals surface area contributed by atoms with Crippen LogP contribution in [0.2, 0.25) is 0 Å². The summed E-state index contributed by atoms with van der Waals surface area (Å²) in [5.74, 6) is -1.90. The summed E-state index contributed by atoms with van der Waals surface area (Å²) >= 11 is 0. The fraction of sp³-hybridized carbons (Fsp3) is 0.500. The van der Waals surface area contributed by atoms with Gasteiger partial charge in [-0.15, -0.1) is 0 Å². The summed E-state index contributed by atoms with van der Waals surface area (Å²) in [5.41, 5.74) is 0. The van der Waals surface area contributed by atoms with Crippen LogP contribution in [0.15, 0.2) is 0 Å². The lowest BCUT2D eigenvalue weighted by molar-refractivity contribution is -0.200. The van der Waals surface area contributed by atoms with Crippen molar-refractivity contribution in [1.29, 1.82) is 5.26 Å². The van der Waals surface area contributed by atoms with Gasteiger partial charge in [0.25, 0.3) is 5.78 Å². The molecule has 3 nitrogen and oxygen atoms in total. The summed E-state index contributed by atoms with van der Waals surface area (Å²) in [6.07, 6.45) is -8.20. The van der Waals surface area contributed by atoms with Gasteiger partial charge in [-0.3, -0.25) is 4.79 Å². The predicted molar refractivity (Wildman–Crippen MR) is 22.7 cm³/mol. The maximum atomic E-state index is 11.3. The number of aliphatic hydroxyl groups is 1. The highest BCUT2D eigenvalue weighted by molar-refractivity contribution is 5.97. The van der Waals surface area contributed by atoms with Gasteiger partial charge in [0.1, 0.15) is 6.07 Å².